The van der Waals surface area contributed by atoms with Crippen molar-refractivity contribution in [3.05, 3.63) is 0 Å². The average molecular weight is 276 g/mol. The van der Waals surface area contributed by atoms with Crippen LogP contribution in [0.4, 0.5) is 0 Å². The van der Waals surface area contributed by atoms with Crippen LogP contribution in [0.3, 0.4) is 0 Å². The minimum Gasteiger partial charge on any atom is -0.350 e. The van der Waals surface area contributed by atoms with Gasteiger partial charge in [-0.05, 0) is 32.2 Å². The molecular weight excluding hydrogens is 254 g/mol. The normalized spacial score (nSPS) is 27.5. The largest absolute Gasteiger partial charge is 0.350 e. The van der Waals surface area contributed by atoms with Gasteiger partial charge in [0.1, 0.15) is 6.04 Å². The Morgan fingerprint density at radius 3 is 2.67 bits per heavy atom. The zero-order valence-electron chi connectivity index (χ0n) is 10.8. The summed E-state index contributed by atoms with van der Waals surface area (Å²) in [6.45, 7) is 4.14. The van der Waals surface area contributed by atoms with Crippen molar-refractivity contribution in [2.45, 2.75) is 44.7 Å². The van der Waals surface area contributed by atoms with Gasteiger partial charge in [0.05, 0.1) is 0 Å². The van der Waals surface area contributed by atoms with Crippen LogP contribution < -0.4 is 10.6 Å². The van der Waals surface area contributed by atoms with Crippen molar-refractivity contribution in [3.63, 3.8) is 0 Å². The van der Waals surface area contributed by atoms with E-state index in [1.165, 1.54) is 6.92 Å². The second kappa shape index (κ2) is 6.95. The summed E-state index contributed by atoms with van der Waals surface area (Å²) in [5.74, 6) is 0.0239. The van der Waals surface area contributed by atoms with E-state index in [9.17, 15) is 9.59 Å². The Morgan fingerprint density at radius 1 is 1.28 bits per heavy atom. The van der Waals surface area contributed by atoms with Crippen LogP contribution in [0.15, 0.2) is 0 Å². The number of carbonyl (C=O) groups excluding carboxylic acids is 2. The fourth-order valence-electron chi connectivity index (χ4n) is 2.69. The lowest BCUT2D eigenvalue weighted by Crippen LogP contribution is -2.52. The quantitative estimate of drug-likeness (QED) is 0.761. The second-order valence-corrected chi connectivity index (χ2v) is 4.92. The van der Waals surface area contributed by atoms with Gasteiger partial charge in [-0.2, -0.15) is 0 Å². The minimum atomic E-state index is -0.241. The number of amides is 2. The van der Waals surface area contributed by atoms with Crippen molar-refractivity contribution in [3.8, 4) is 0 Å². The first-order valence-electron chi connectivity index (χ1n) is 6.47. The van der Waals surface area contributed by atoms with Crippen LogP contribution >= 0.6 is 12.4 Å². The van der Waals surface area contributed by atoms with E-state index >= 15 is 0 Å². The third kappa shape index (κ3) is 3.59. The number of nitrogens with one attached hydrogen (secondary N) is 2. The summed E-state index contributed by atoms with van der Waals surface area (Å²) in [5.41, 5.74) is 0. The van der Waals surface area contributed by atoms with Gasteiger partial charge in [0, 0.05) is 26.1 Å². The molecule has 2 aliphatic rings. The Morgan fingerprint density at radius 2 is 2.06 bits per heavy atom. The summed E-state index contributed by atoms with van der Waals surface area (Å²) in [6.07, 6.45) is 3.86. The van der Waals surface area contributed by atoms with Gasteiger partial charge >= 0.3 is 0 Å². The summed E-state index contributed by atoms with van der Waals surface area (Å²) in [7, 11) is 0. The number of carbonyl (C=O) groups is 2. The molecule has 0 radical (unpaired) electrons. The minimum absolute atomic E-state index is 0. The molecule has 2 heterocycles. The van der Waals surface area contributed by atoms with E-state index in [1.807, 2.05) is 0 Å². The second-order valence-electron chi connectivity index (χ2n) is 4.92. The van der Waals surface area contributed by atoms with Crippen LogP contribution in [-0.4, -0.2) is 48.4 Å². The zero-order valence-corrected chi connectivity index (χ0v) is 11.6. The molecule has 2 amide bonds. The molecule has 0 aromatic carbocycles. The Labute approximate surface area is 114 Å². The van der Waals surface area contributed by atoms with Crippen LogP contribution in [0.1, 0.15) is 32.6 Å². The van der Waals surface area contributed by atoms with Gasteiger partial charge in [-0.25, -0.2) is 0 Å². The number of hydrogen-bond donors (Lipinski definition) is 2. The molecule has 0 spiro atoms. The van der Waals surface area contributed by atoms with Crippen LogP contribution in [0.2, 0.25) is 0 Å². The molecule has 2 atom stereocenters. The van der Waals surface area contributed by atoms with Crippen molar-refractivity contribution < 1.29 is 9.59 Å². The van der Waals surface area contributed by atoms with Gasteiger partial charge in [-0.15, -0.1) is 12.4 Å². The predicted octanol–water partition coefficient (Wildman–Crippen LogP) is 0.287. The summed E-state index contributed by atoms with van der Waals surface area (Å²) in [6, 6.07) is -0.0138. The summed E-state index contributed by atoms with van der Waals surface area (Å²) < 4.78 is 0. The van der Waals surface area contributed by atoms with Crippen LogP contribution in [-0.2, 0) is 9.59 Å². The van der Waals surface area contributed by atoms with E-state index in [0.29, 0.717) is 0 Å². The number of rotatable bonds is 2. The van der Waals surface area contributed by atoms with Crippen molar-refractivity contribution >= 4 is 24.2 Å². The molecule has 104 valence electrons. The van der Waals surface area contributed by atoms with Gasteiger partial charge in [-0.1, -0.05) is 0 Å². The van der Waals surface area contributed by atoms with Crippen LogP contribution in [0.25, 0.3) is 0 Å². The van der Waals surface area contributed by atoms with E-state index in [0.717, 1.165) is 45.3 Å². The Hall–Kier alpha value is -0.810. The maximum atomic E-state index is 12.1. The lowest BCUT2D eigenvalue weighted by molar-refractivity contribution is -0.137. The highest BCUT2D eigenvalue weighted by Crippen LogP contribution is 2.17. The molecule has 18 heavy (non-hydrogen) atoms. The predicted molar refractivity (Wildman–Crippen MR) is 71.7 cm³/mol. The molecule has 1 unspecified atom stereocenters. The maximum absolute atomic E-state index is 12.1. The van der Waals surface area contributed by atoms with Crippen molar-refractivity contribution in [2.75, 3.05) is 19.6 Å². The van der Waals surface area contributed by atoms with E-state index < -0.39 is 0 Å². The molecule has 5 nitrogen and oxygen atoms in total. The highest BCUT2D eigenvalue weighted by molar-refractivity contribution is 5.87. The van der Waals surface area contributed by atoms with Gasteiger partial charge in [0.2, 0.25) is 11.8 Å². The third-order valence-electron chi connectivity index (χ3n) is 3.60. The first-order valence-corrected chi connectivity index (χ1v) is 6.47. The molecule has 0 bridgehead atoms. The first kappa shape index (κ1) is 15.2. The van der Waals surface area contributed by atoms with Gasteiger partial charge in [0.25, 0.3) is 0 Å². The zero-order chi connectivity index (χ0) is 12.3. The molecule has 0 aromatic heterocycles. The Bertz CT molecular complexity index is 306. The van der Waals surface area contributed by atoms with Crippen LogP contribution in [0, 0.1) is 0 Å². The van der Waals surface area contributed by atoms with Gasteiger partial charge < -0.3 is 15.5 Å². The fraction of sp³-hybridized carbons (Fsp3) is 0.833. The smallest absolute Gasteiger partial charge is 0.243 e. The third-order valence-corrected chi connectivity index (χ3v) is 3.60. The molecule has 0 saturated carbocycles. The van der Waals surface area contributed by atoms with E-state index in [4.69, 9.17) is 0 Å². The first-order chi connectivity index (χ1) is 8.18. The van der Waals surface area contributed by atoms with Crippen molar-refractivity contribution in [1.29, 1.82) is 0 Å². The Balaban J connectivity index is 0.00000162. The lowest BCUT2D eigenvalue weighted by Gasteiger charge is -2.28. The fourth-order valence-corrected chi connectivity index (χ4v) is 2.69. The number of piperidine rings is 1. The number of halogens is 1. The molecule has 2 saturated heterocycles. The summed E-state index contributed by atoms with van der Waals surface area (Å²) in [5, 5.41) is 6.32. The highest BCUT2D eigenvalue weighted by Gasteiger charge is 2.33. The molecule has 0 aliphatic carbocycles. The number of nitrogens with zero attached hydrogens (tertiary/aromatic N) is 1. The SMILES string of the molecule is CC(=O)N1CCCC1C(=O)N[C@H]1CCCNC1.Cl. The Kier molecular flexibility index (Phi) is 5.88. The van der Waals surface area contributed by atoms with Crippen molar-refractivity contribution in [2.24, 2.45) is 0 Å². The molecule has 2 N–H and O–H groups in total. The molecule has 0 aromatic rings. The molecule has 2 rings (SSSR count). The van der Waals surface area contributed by atoms with E-state index in [2.05, 4.69) is 10.6 Å². The topological polar surface area (TPSA) is 61.4 Å². The maximum Gasteiger partial charge on any atom is 0.243 e. The van der Waals surface area contributed by atoms with Crippen molar-refractivity contribution in [1.82, 2.24) is 15.5 Å². The van der Waals surface area contributed by atoms with Gasteiger partial charge in [0.15, 0.2) is 0 Å². The number of hydrogen-bond acceptors (Lipinski definition) is 3. The monoisotopic (exact) mass is 275 g/mol. The average Bonchev–Trinajstić information content (AvgIpc) is 2.79. The van der Waals surface area contributed by atoms with E-state index in [-0.39, 0.29) is 36.3 Å². The summed E-state index contributed by atoms with van der Waals surface area (Å²) >= 11 is 0. The van der Waals surface area contributed by atoms with Gasteiger partial charge in [-0.3, -0.25) is 9.59 Å². The standard InChI is InChI=1S/C12H21N3O2.ClH/c1-9(16)15-7-3-5-11(15)12(17)14-10-4-2-6-13-8-10;/h10-11,13H,2-8H2,1H3,(H,14,17);1H/t10-,11?;/m0./s1. The molecular formula is C12H22ClN3O2. The number of likely N-dealkylation sites (tertiary alicyclic amines) is 1. The van der Waals surface area contributed by atoms with E-state index in [1.54, 1.807) is 4.90 Å². The molecule has 6 heteroatoms. The molecule has 2 fully saturated rings. The summed E-state index contributed by atoms with van der Waals surface area (Å²) in [4.78, 5) is 25.2. The molecule has 2 aliphatic heterocycles. The lowest BCUT2D eigenvalue weighted by atomic mass is 10.1. The highest BCUT2D eigenvalue weighted by atomic mass is 35.5. The van der Waals surface area contributed by atoms with Crippen LogP contribution in [0.5, 0.6) is 0 Å².